The van der Waals surface area contributed by atoms with Crippen molar-refractivity contribution in [1.29, 1.82) is 0 Å². The first-order valence-electron chi connectivity index (χ1n) is 7.42. The molecule has 3 nitrogen and oxygen atoms in total. The van der Waals surface area contributed by atoms with Crippen LogP contribution in [0.4, 0.5) is 5.69 Å². The van der Waals surface area contributed by atoms with Crippen LogP contribution in [-0.4, -0.2) is 30.3 Å². The highest BCUT2D eigenvalue weighted by atomic mass is 35.5. The average Bonchev–Trinajstić information content (AvgIpc) is 2.78. The second-order valence-electron chi connectivity index (χ2n) is 6.02. The molecule has 0 bridgehead atoms. The number of benzene rings is 1. The lowest BCUT2D eigenvalue weighted by Crippen LogP contribution is -2.36. The summed E-state index contributed by atoms with van der Waals surface area (Å²) in [5.41, 5.74) is 2.41. The standard InChI is InChI=1S/C16H25ClN2O/c1-11(2)18-9-13-4-5-14(17)8-15(13)19-7-6-12(3)16(19)10-20/h4-5,8,11-12,16,18,20H,6-7,9-10H2,1-3H3. The summed E-state index contributed by atoms with van der Waals surface area (Å²) in [7, 11) is 0. The maximum absolute atomic E-state index is 9.66. The lowest BCUT2D eigenvalue weighted by molar-refractivity contribution is 0.244. The molecule has 1 aliphatic rings. The van der Waals surface area contributed by atoms with Crippen molar-refractivity contribution in [1.82, 2.24) is 5.32 Å². The van der Waals surface area contributed by atoms with Gasteiger partial charge in [-0.2, -0.15) is 0 Å². The lowest BCUT2D eigenvalue weighted by atomic mass is 10.0. The van der Waals surface area contributed by atoms with Crippen molar-refractivity contribution in [2.75, 3.05) is 18.1 Å². The molecule has 1 aromatic rings. The van der Waals surface area contributed by atoms with Crippen LogP contribution < -0.4 is 10.2 Å². The fourth-order valence-electron chi connectivity index (χ4n) is 2.85. The maximum Gasteiger partial charge on any atom is 0.0637 e. The minimum Gasteiger partial charge on any atom is -0.394 e. The summed E-state index contributed by atoms with van der Waals surface area (Å²) >= 11 is 6.18. The molecule has 112 valence electrons. The van der Waals surface area contributed by atoms with Gasteiger partial charge in [0.15, 0.2) is 0 Å². The Labute approximate surface area is 126 Å². The molecular formula is C16H25ClN2O. The van der Waals surface area contributed by atoms with E-state index in [4.69, 9.17) is 11.6 Å². The van der Waals surface area contributed by atoms with Crippen molar-refractivity contribution < 1.29 is 5.11 Å². The molecule has 2 unspecified atom stereocenters. The Morgan fingerprint density at radius 1 is 1.45 bits per heavy atom. The molecule has 2 atom stereocenters. The van der Waals surface area contributed by atoms with Gasteiger partial charge in [-0.05, 0) is 30.0 Å². The molecule has 2 rings (SSSR count). The Bertz CT molecular complexity index is 450. The van der Waals surface area contributed by atoms with E-state index in [1.807, 2.05) is 12.1 Å². The predicted octanol–water partition coefficient (Wildman–Crippen LogP) is 3.05. The highest BCUT2D eigenvalue weighted by Crippen LogP contribution is 2.33. The van der Waals surface area contributed by atoms with Gasteiger partial charge in [0.25, 0.3) is 0 Å². The molecule has 0 saturated carbocycles. The van der Waals surface area contributed by atoms with Crippen molar-refractivity contribution in [3.05, 3.63) is 28.8 Å². The third-order valence-electron chi connectivity index (χ3n) is 4.13. The van der Waals surface area contributed by atoms with Crippen LogP contribution in [0, 0.1) is 5.92 Å². The number of nitrogens with one attached hydrogen (secondary N) is 1. The van der Waals surface area contributed by atoms with E-state index in [1.165, 1.54) is 5.56 Å². The molecule has 1 saturated heterocycles. The van der Waals surface area contributed by atoms with Gasteiger partial charge in [-0.15, -0.1) is 0 Å². The van der Waals surface area contributed by atoms with Crippen molar-refractivity contribution >= 4 is 17.3 Å². The van der Waals surface area contributed by atoms with E-state index in [0.29, 0.717) is 12.0 Å². The van der Waals surface area contributed by atoms with Crippen LogP contribution >= 0.6 is 11.6 Å². The van der Waals surface area contributed by atoms with E-state index >= 15 is 0 Å². The molecule has 4 heteroatoms. The first-order chi connectivity index (χ1) is 9.52. The Balaban J connectivity index is 2.26. The van der Waals surface area contributed by atoms with Crippen molar-refractivity contribution in [2.45, 2.75) is 45.8 Å². The number of anilines is 1. The summed E-state index contributed by atoms with van der Waals surface area (Å²) in [4.78, 5) is 2.31. The molecule has 1 heterocycles. The van der Waals surface area contributed by atoms with Crippen LogP contribution in [0.15, 0.2) is 18.2 Å². The number of nitrogens with zero attached hydrogens (tertiary/aromatic N) is 1. The average molecular weight is 297 g/mol. The maximum atomic E-state index is 9.66. The zero-order chi connectivity index (χ0) is 14.7. The third-order valence-corrected chi connectivity index (χ3v) is 4.36. The second kappa shape index (κ2) is 6.79. The largest absolute Gasteiger partial charge is 0.394 e. The smallest absolute Gasteiger partial charge is 0.0637 e. The molecule has 0 aromatic heterocycles. The second-order valence-corrected chi connectivity index (χ2v) is 6.45. The topological polar surface area (TPSA) is 35.5 Å². The minimum absolute atomic E-state index is 0.199. The molecule has 2 N–H and O–H groups in total. The van der Waals surface area contributed by atoms with Crippen molar-refractivity contribution in [2.24, 2.45) is 5.92 Å². The summed E-state index contributed by atoms with van der Waals surface area (Å²) in [5, 5.41) is 13.9. The SMILES string of the molecule is CC(C)NCc1ccc(Cl)cc1N1CCC(C)C1CO. The zero-order valence-corrected chi connectivity index (χ0v) is 13.3. The van der Waals surface area contributed by atoms with Crippen molar-refractivity contribution in [3.63, 3.8) is 0 Å². The van der Waals surface area contributed by atoms with E-state index in [-0.39, 0.29) is 12.6 Å². The molecule has 0 aliphatic carbocycles. The predicted molar refractivity (Wildman–Crippen MR) is 85.4 cm³/mol. The van der Waals surface area contributed by atoms with Crippen LogP contribution in [0.1, 0.15) is 32.8 Å². The van der Waals surface area contributed by atoms with Crippen LogP contribution in [0.2, 0.25) is 5.02 Å². The summed E-state index contributed by atoms with van der Waals surface area (Å²) < 4.78 is 0. The van der Waals surface area contributed by atoms with E-state index in [2.05, 4.69) is 37.1 Å². The van der Waals surface area contributed by atoms with Crippen LogP contribution in [0.3, 0.4) is 0 Å². The van der Waals surface area contributed by atoms with Crippen LogP contribution in [-0.2, 0) is 6.54 Å². The van der Waals surface area contributed by atoms with Gasteiger partial charge in [-0.3, -0.25) is 0 Å². The summed E-state index contributed by atoms with van der Waals surface area (Å²) in [6.45, 7) is 8.50. The Kier molecular flexibility index (Phi) is 5.30. The van der Waals surface area contributed by atoms with Gasteiger partial charge in [0.1, 0.15) is 0 Å². The molecule has 1 aliphatic heterocycles. The molecule has 0 radical (unpaired) electrons. The fraction of sp³-hybridized carbons (Fsp3) is 0.625. The first kappa shape index (κ1) is 15.6. The molecule has 1 aromatic carbocycles. The Morgan fingerprint density at radius 3 is 2.85 bits per heavy atom. The van der Waals surface area contributed by atoms with Crippen molar-refractivity contribution in [3.8, 4) is 0 Å². The van der Waals surface area contributed by atoms with Gasteiger partial charge in [0, 0.05) is 29.8 Å². The highest BCUT2D eigenvalue weighted by Gasteiger charge is 2.31. The minimum atomic E-state index is 0.199. The quantitative estimate of drug-likeness (QED) is 0.877. The Morgan fingerprint density at radius 2 is 2.20 bits per heavy atom. The number of halogens is 1. The number of hydrogen-bond donors (Lipinski definition) is 2. The van der Waals surface area contributed by atoms with Gasteiger partial charge >= 0.3 is 0 Å². The normalized spacial score (nSPS) is 22.8. The zero-order valence-electron chi connectivity index (χ0n) is 12.6. The van der Waals surface area contributed by atoms with E-state index in [0.717, 1.165) is 30.2 Å². The van der Waals surface area contributed by atoms with E-state index in [9.17, 15) is 5.11 Å². The first-order valence-corrected chi connectivity index (χ1v) is 7.80. The molecule has 0 spiro atoms. The van der Waals surface area contributed by atoms with Crippen LogP contribution in [0.25, 0.3) is 0 Å². The summed E-state index contributed by atoms with van der Waals surface area (Å²) in [6.07, 6.45) is 1.12. The van der Waals surface area contributed by atoms with Gasteiger partial charge < -0.3 is 15.3 Å². The number of rotatable bonds is 5. The lowest BCUT2D eigenvalue weighted by Gasteiger charge is -2.30. The van der Waals surface area contributed by atoms with Crippen LogP contribution in [0.5, 0.6) is 0 Å². The van der Waals surface area contributed by atoms with Gasteiger partial charge in [-0.25, -0.2) is 0 Å². The van der Waals surface area contributed by atoms with E-state index in [1.54, 1.807) is 0 Å². The molecule has 1 fully saturated rings. The highest BCUT2D eigenvalue weighted by molar-refractivity contribution is 6.30. The number of aliphatic hydroxyl groups excluding tert-OH is 1. The fourth-order valence-corrected chi connectivity index (χ4v) is 3.02. The van der Waals surface area contributed by atoms with E-state index < -0.39 is 0 Å². The van der Waals surface area contributed by atoms with Gasteiger partial charge in [0.05, 0.1) is 12.6 Å². The Hall–Kier alpha value is -0.770. The van der Waals surface area contributed by atoms with Gasteiger partial charge in [-0.1, -0.05) is 38.4 Å². The number of hydrogen-bond acceptors (Lipinski definition) is 3. The number of aliphatic hydroxyl groups is 1. The summed E-state index contributed by atoms with van der Waals surface area (Å²) in [5.74, 6) is 0.518. The molecule has 0 amide bonds. The summed E-state index contributed by atoms with van der Waals surface area (Å²) in [6, 6.07) is 6.70. The molecular weight excluding hydrogens is 272 g/mol. The molecule has 20 heavy (non-hydrogen) atoms. The van der Waals surface area contributed by atoms with Gasteiger partial charge in [0.2, 0.25) is 0 Å². The third kappa shape index (κ3) is 3.46. The monoisotopic (exact) mass is 296 g/mol.